The standard InChI is InChI=1S/C27H29FN2/c1-22(24-9-11-25(12-10-24)26-13-15-27(28)16-14-26)30-20-18-29(19-21-30)17-5-8-23-6-3-2-4-7-23/h2-16,22H,17-21H2,1H3/b8-5+. The van der Waals surface area contributed by atoms with Crippen molar-refractivity contribution < 1.29 is 4.39 Å². The van der Waals surface area contributed by atoms with Gasteiger partial charge in [0.2, 0.25) is 0 Å². The zero-order valence-corrected chi connectivity index (χ0v) is 17.5. The number of benzene rings is 3. The highest BCUT2D eigenvalue weighted by Crippen LogP contribution is 2.26. The molecule has 0 N–H and O–H groups in total. The third-order valence-electron chi connectivity index (χ3n) is 6.00. The van der Waals surface area contributed by atoms with Crippen LogP contribution in [0, 0.1) is 5.82 Å². The summed E-state index contributed by atoms with van der Waals surface area (Å²) in [7, 11) is 0. The Morgan fingerprint density at radius 3 is 2.03 bits per heavy atom. The fraction of sp³-hybridized carbons (Fsp3) is 0.259. The van der Waals surface area contributed by atoms with Gasteiger partial charge in [0.25, 0.3) is 0 Å². The van der Waals surface area contributed by atoms with Crippen molar-refractivity contribution in [1.82, 2.24) is 9.80 Å². The molecule has 0 bridgehead atoms. The first-order valence-corrected chi connectivity index (χ1v) is 10.7. The van der Waals surface area contributed by atoms with Gasteiger partial charge >= 0.3 is 0 Å². The topological polar surface area (TPSA) is 6.48 Å². The van der Waals surface area contributed by atoms with Gasteiger partial charge in [0.15, 0.2) is 0 Å². The van der Waals surface area contributed by atoms with Crippen LogP contribution in [0.25, 0.3) is 17.2 Å². The van der Waals surface area contributed by atoms with E-state index in [1.54, 1.807) is 0 Å². The molecule has 3 aromatic carbocycles. The molecule has 1 aliphatic heterocycles. The molecule has 3 aromatic rings. The first-order chi connectivity index (χ1) is 14.7. The van der Waals surface area contributed by atoms with Crippen LogP contribution >= 0.6 is 0 Å². The molecular formula is C27H29FN2. The van der Waals surface area contributed by atoms with E-state index in [9.17, 15) is 4.39 Å². The predicted molar refractivity (Wildman–Crippen MR) is 124 cm³/mol. The molecule has 1 atom stereocenters. The van der Waals surface area contributed by atoms with Gasteiger partial charge in [-0.1, -0.05) is 78.9 Å². The Balaban J connectivity index is 1.29. The molecule has 0 aromatic heterocycles. The largest absolute Gasteiger partial charge is 0.297 e. The lowest BCUT2D eigenvalue weighted by Gasteiger charge is -2.38. The van der Waals surface area contributed by atoms with Gasteiger partial charge < -0.3 is 0 Å². The molecule has 4 rings (SSSR count). The number of rotatable bonds is 6. The van der Waals surface area contributed by atoms with Crippen LogP contribution in [0.1, 0.15) is 24.1 Å². The smallest absolute Gasteiger partial charge is 0.123 e. The highest BCUT2D eigenvalue weighted by molar-refractivity contribution is 5.63. The maximum atomic E-state index is 13.1. The molecule has 1 unspecified atom stereocenters. The summed E-state index contributed by atoms with van der Waals surface area (Å²) in [6.45, 7) is 7.65. The zero-order chi connectivity index (χ0) is 20.8. The molecule has 0 aliphatic carbocycles. The van der Waals surface area contributed by atoms with E-state index in [1.807, 2.05) is 18.2 Å². The predicted octanol–water partition coefficient (Wildman–Crippen LogP) is 5.88. The van der Waals surface area contributed by atoms with Gasteiger partial charge in [-0.05, 0) is 41.3 Å². The summed E-state index contributed by atoms with van der Waals surface area (Å²) in [4.78, 5) is 5.07. The van der Waals surface area contributed by atoms with Gasteiger partial charge in [-0.3, -0.25) is 9.80 Å². The molecule has 1 heterocycles. The number of hydrogen-bond donors (Lipinski definition) is 0. The summed E-state index contributed by atoms with van der Waals surface area (Å²) in [6.07, 6.45) is 4.47. The second-order valence-electron chi connectivity index (χ2n) is 7.95. The van der Waals surface area contributed by atoms with Gasteiger partial charge in [0.1, 0.15) is 5.82 Å². The van der Waals surface area contributed by atoms with Crippen LogP contribution in [0.3, 0.4) is 0 Å². The molecule has 30 heavy (non-hydrogen) atoms. The van der Waals surface area contributed by atoms with Gasteiger partial charge in [0.05, 0.1) is 0 Å². The molecule has 1 fully saturated rings. The summed E-state index contributed by atoms with van der Waals surface area (Å²) in [5, 5.41) is 0. The third-order valence-corrected chi connectivity index (χ3v) is 6.00. The maximum absolute atomic E-state index is 13.1. The minimum atomic E-state index is -0.196. The van der Waals surface area contributed by atoms with Crippen LogP contribution in [-0.2, 0) is 0 Å². The lowest BCUT2D eigenvalue weighted by molar-refractivity contribution is 0.110. The normalized spacial score (nSPS) is 16.7. The van der Waals surface area contributed by atoms with Crippen molar-refractivity contribution in [3.8, 4) is 11.1 Å². The Bertz CT molecular complexity index is 940. The number of piperazine rings is 1. The van der Waals surface area contributed by atoms with E-state index in [4.69, 9.17) is 0 Å². The average molecular weight is 401 g/mol. The summed E-state index contributed by atoms with van der Waals surface area (Å²) in [5.74, 6) is -0.196. The molecule has 0 saturated carbocycles. The third kappa shape index (κ3) is 5.24. The molecule has 3 heteroatoms. The van der Waals surface area contributed by atoms with E-state index in [1.165, 1.54) is 23.3 Å². The van der Waals surface area contributed by atoms with Crippen molar-refractivity contribution in [2.24, 2.45) is 0 Å². The second-order valence-corrected chi connectivity index (χ2v) is 7.95. The first-order valence-electron chi connectivity index (χ1n) is 10.7. The summed E-state index contributed by atoms with van der Waals surface area (Å²) in [6, 6.07) is 26.3. The lowest BCUT2D eigenvalue weighted by atomic mass is 10.0. The zero-order valence-electron chi connectivity index (χ0n) is 17.5. The van der Waals surface area contributed by atoms with E-state index in [0.717, 1.165) is 43.9 Å². The van der Waals surface area contributed by atoms with Gasteiger partial charge in [0, 0.05) is 38.8 Å². The first kappa shape index (κ1) is 20.5. The van der Waals surface area contributed by atoms with E-state index in [-0.39, 0.29) is 5.82 Å². The van der Waals surface area contributed by atoms with Crippen LogP contribution < -0.4 is 0 Å². The second kappa shape index (κ2) is 9.84. The number of nitrogens with zero attached hydrogens (tertiary/aromatic N) is 2. The lowest BCUT2D eigenvalue weighted by Crippen LogP contribution is -2.47. The van der Waals surface area contributed by atoms with Crippen LogP contribution in [0.15, 0.2) is 84.9 Å². The molecule has 2 nitrogen and oxygen atoms in total. The minimum absolute atomic E-state index is 0.196. The van der Waals surface area contributed by atoms with Gasteiger partial charge in [-0.2, -0.15) is 0 Å². The highest BCUT2D eigenvalue weighted by Gasteiger charge is 2.21. The molecule has 0 spiro atoms. The fourth-order valence-electron chi connectivity index (χ4n) is 4.04. The molecule has 0 amide bonds. The van der Waals surface area contributed by atoms with Crippen molar-refractivity contribution in [3.63, 3.8) is 0 Å². The molecule has 1 aliphatic rings. The highest BCUT2D eigenvalue weighted by atomic mass is 19.1. The van der Waals surface area contributed by atoms with E-state index in [0.29, 0.717) is 6.04 Å². The van der Waals surface area contributed by atoms with E-state index >= 15 is 0 Å². The Labute approximate surface area is 179 Å². The number of halogens is 1. The molecule has 0 radical (unpaired) electrons. The quantitative estimate of drug-likeness (QED) is 0.509. The van der Waals surface area contributed by atoms with Crippen LogP contribution in [-0.4, -0.2) is 42.5 Å². The Morgan fingerprint density at radius 1 is 0.800 bits per heavy atom. The SMILES string of the molecule is CC(c1ccc(-c2ccc(F)cc2)cc1)N1CCN(C/C=C/c2ccccc2)CC1. The molecule has 1 saturated heterocycles. The van der Waals surface area contributed by atoms with Crippen LogP contribution in [0.5, 0.6) is 0 Å². The van der Waals surface area contributed by atoms with Crippen molar-refractivity contribution in [2.45, 2.75) is 13.0 Å². The Kier molecular flexibility index (Phi) is 6.73. The molecular weight excluding hydrogens is 371 g/mol. The summed E-state index contributed by atoms with van der Waals surface area (Å²) >= 11 is 0. The Morgan fingerprint density at radius 2 is 1.40 bits per heavy atom. The maximum Gasteiger partial charge on any atom is 0.123 e. The number of hydrogen-bond acceptors (Lipinski definition) is 2. The fourth-order valence-corrected chi connectivity index (χ4v) is 4.04. The van der Waals surface area contributed by atoms with Crippen molar-refractivity contribution in [3.05, 3.63) is 102 Å². The Hall–Kier alpha value is -2.75. The van der Waals surface area contributed by atoms with Crippen molar-refractivity contribution >= 4 is 6.08 Å². The summed E-state index contributed by atoms with van der Waals surface area (Å²) in [5.41, 5.74) is 4.76. The van der Waals surface area contributed by atoms with Gasteiger partial charge in [-0.15, -0.1) is 0 Å². The minimum Gasteiger partial charge on any atom is -0.297 e. The van der Waals surface area contributed by atoms with E-state index in [2.05, 4.69) is 77.4 Å². The van der Waals surface area contributed by atoms with Crippen molar-refractivity contribution in [2.75, 3.05) is 32.7 Å². The van der Waals surface area contributed by atoms with E-state index < -0.39 is 0 Å². The van der Waals surface area contributed by atoms with Crippen LogP contribution in [0.2, 0.25) is 0 Å². The van der Waals surface area contributed by atoms with Gasteiger partial charge in [-0.25, -0.2) is 4.39 Å². The van der Waals surface area contributed by atoms with Crippen LogP contribution in [0.4, 0.5) is 4.39 Å². The monoisotopic (exact) mass is 400 g/mol. The molecule has 154 valence electrons. The average Bonchev–Trinajstić information content (AvgIpc) is 2.80. The summed E-state index contributed by atoms with van der Waals surface area (Å²) < 4.78 is 13.1. The van der Waals surface area contributed by atoms with Crippen molar-refractivity contribution in [1.29, 1.82) is 0 Å².